The van der Waals surface area contributed by atoms with Crippen molar-refractivity contribution in [1.82, 2.24) is 10.2 Å². The molecule has 1 aliphatic rings. The molecule has 1 saturated heterocycles. The van der Waals surface area contributed by atoms with Gasteiger partial charge in [-0.25, -0.2) is 13.6 Å². The minimum absolute atomic E-state index is 0.142. The van der Waals surface area contributed by atoms with Crippen molar-refractivity contribution in [3.8, 4) is 11.1 Å². The number of piperazine rings is 1. The Labute approximate surface area is 186 Å². The van der Waals surface area contributed by atoms with Crippen molar-refractivity contribution in [2.75, 3.05) is 13.1 Å². The Morgan fingerprint density at radius 2 is 1.69 bits per heavy atom. The highest BCUT2D eigenvalue weighted by atomic mass is 32.2. The number of carbonyl (C=O) groups excluding carboxylic acids is 2. The molecule has 1 atom stereocenters. The first-order valence-corrected chi connectivity index (χ1v) is 11.7. The van der Waals surface area contributed by atoms with Crippen molar-refractivity contribution < 1.29 is 18.0 Å². The molecule has 0 saturated carbocycles. The number of hydrogen-bond donors (Lipinski definition) is 2. The number of primary sulfonamides is 1. The van der Waals surface area contributed by atoms with Crippen LogP contribution >= 0.6 is 0 Å². The second kappa shape index (κ2) is 8.94. The topological polar surface area (TPSA) is 110 Å². The van der Waals surface area contributed by atoms with E-state index >= 15 is 0 Å². The molecule has 4 rings (SSSR count). The van der Waals surface area contributed by atoms with Gasteiger partial charge < -0.3 is 10.2 Å². The van der Waals surface area contributed by atoms with E-state index in [-0.39, 0.29) is 16.4 Å². The zero-order valence-corrected chi connectivity index (χ0v) is 18.1. The molecule has 1 fully saturated rings. The summed E-state index contributed by atoms with van der Waals surface area (Å²) < 4.78 is 23.4. The van der Waals surface area contributed by atoms with Crippen LogP contribution in [0.2, 0.25) is 0 Å². The normalized spacial score (nSPS) is 16.5. The van der Waals surface area contributed by atoms with E-state index in [1.165, 1.54) is 29.2 Å². The highest BCUT2D eigenvalue weighted by Gasteiger charge is 2.34. The molecule has 3 aromatic carbocycles. The predicted molar refractivity (Wildman–Crippen MR) is 121 cm³/mol. The molecule has 0 bridgehead atoms. The third-order valence-corrected chi connectivity index (χ3v) is 6.38. The number of hydrogen-bond acceptors (Lipinski definition) is 4. The van der Waals surface area contributed by atoms with Gasteiger partial charge in [-0.1, -0.05) is 60.7 Å². The molecule has 0 unspecified atom stereocenters. The third-order valence-electron chi connectivity index (χ3n) is 5.46. The molecule has 3 N–H and O–H groups in total. The fraction of sp³-hybridized carbons (Fsp3) is 0.167. The summed E-state index contributed by atoms with van der Waals surface area (Å²) in [7, 11) is -3.94. The van der Waals surface area contributed by atoms with E-state index in [0.29, 0.717) is 19.5 Å². The highest BCUT2D eigenvalue weighted by molar-refractivity contribution is 7.89. The summed E-state index contributed by atoms with van der Waals surface area (Å²) in [5.41, 5.74) is 3.19. The van der Waals surface area contributed by atoms with Crippen molar-refractivity contribution in [1.29, 1.82) is 0 Å². The SMILES string of the molecule is NS(=O)(=O)c1cccc(C(=O)N2CCNC(=O)[C@H]2Cc2cccc(-c3ccccc3)c2)c1. The van der Waals surface area contributed by atoms with Crippen molar-refractivity contribution in [2.45, 2.75) is 17.4 Å². The smallest absolute Gasteiger partial charge is 0.254 e. The Morgan fingerprint density at radius 3 is 2.44 bits per heavy atom. The maximum absolute atomic E-state index is 13.2. The molecule has 0 aromatic heterocycles. The Hall–Kier alpha value is -3.49. The molecule has 1 heterocycles. The fourth-order valence-corrected chi connectivity index (χ4v) is 4.42. The standard InChI is InChI=1S/C24H23N3O4S/c25-32(30,31)21-11-5-10-20(16-21)24(29)27-13-12-26-23(28)22(27)15-17-6-4-9-19(14-17)18-7-2-1-3-8-18/h1-11,14,16,22H,12-13,15H2,(H,26,28)(H2,25,30,31)/t22-/m1/s1. The average molecular weight is 450 g/mol. The first kappa shape index (κ1) is 21.7. The lowest BCUT2D eigenvalue weighted by molar-refractivity contribution is -0.127. The Bertz CT molecular complexity index is 1260. The molecule has 2 amide bonds. The first-order valence-electron chi connectivity index (χ1n) is 10.2. The van der Waals surface area contributed by atoms with Crippen LogP contribution < -0.4 is 10.5 Å². The van der Waals surface area contributed by atoms with Gasteiger partial charge in [0.2, 0.25) is 15.9 Å². The number of sulfonamides is 1. The molecule has 164 valence electrons. The van der Waals surface area contributed by atoms with Crippen LogP contribution in [0.25, 0.3) is 11.1 Å². The average Bonchev–Trinajstić information content (AvgIpc) is 2.80. The quantitative estimate of drug-likeness (QED) is 0.622. The molecular formula is C24H23N3O4S. The maximum atomic E-state index is 13.2. The zero-order valence-electron chi connectivity index (χ0n) is 17.3. The van der Waals surface area contributed by atoms with E-state index in [1.807, 2.05) is 54.6 Å². The number of nitrogens with two attached hydrogens (primary N) is 1. The lowest BCUT2D eigenvalue weighted by Gasteiger charge is -2.35. The van der Waals surface area contributed by atoms with Gasteiger partial charge in [0.05, 0.1) is 4.90 Å². The Morgan fingerprint density at radius 1 is 0.969 bits per heavy atom. The van der Waals surface area contributed by atoms with E-state index in [0.717, 1.165) is 16.7 Å². The number of rotatable bonds is 5. The molecule has 3 aromatic rings. The summed E-state index contributed by atoms with van der Waals surface area (Å²) >= 11 is 0. The summed E-state index contributed by atoms with van der Waals surface area (Å²) in [6, 6.07) is 22.7. The summed E-state index contributed by atoms with van der Waals surface area (Å²) in [6.07, 6.45) is 0.340. The first-order chi connectivity index (χ1) is 15.3. The molecule has 0 spiro atoms. The number of amides is 2. The van der Waals surface area contributed by atoms with Crippen LogP contribution in [-0.2, 0) is 21.2 Å². The van der Waals surface area contributed by atoms with Gasteiger partial charge in [0.25, 0.3) is 5.91 Å². The van der Waals surface area contributed by atoms with Crippen LogP contribution in [0.4, 0.5) is 0 Å². The van der Waals surface area contributed by atoms with E-state index in [4.69, 9.17) is 5.14 Å². The molecule has 0 radical (unpaired) electrons. The molecule has 0 aliphatic carbocycles. The zero-order chi connectivity index (χ0) is 22.7. The van der Waals surface area contributed by atoms with Crippen LogP contribution in [0.1, 0.15) is 15.9 Å². The lowest BCUT2D eigenvalue weighted by atomic mass is 9.97. The minimum Gasteiger partial charge on any atom is -0.353 e. The van der Waals surface area contributed by atoms with Crippen molar-refractivity contribution in [2.24, 2.45) is 5.14 Å². The molecular weight excluding hydrogens is 426 g/mol. The van der Waals surface area contributed by atoms with Crippen LogP contribution in [0.15, 0.2) is 83.8 Å². The summed E-state index contributed by atoms with van der Waals surface area (Å²) in [4.78, 5) is 27.3. The Balaban J connectivity index is 1.62. The Kier molecular flexibility index (Phi) is 6.07. The minimum atomic E-state index is -3.94. The summed E-state index contributed by atoms with van der Waals surface area (Å²) in [6.45, 7) is 0.660. The maximum Gasteiger partial charge on any atom is 0.254 e. The molecule has 7 nitrogen and oxygen atoms in total. The third kappa shape index (κ3) is 4.71. The fourth-order valence-electron chi connectivity index (χ4n) is 3.86. The predicted octanol–water partition coefficient (Wildman–Crippen LogP) is 2.18. The number of nitrogens with one attached hydrogen (secondary N) is 1. The number of nitrogens with zero attached hydrogens (tertiary/aromatic N) is 1. The molecule has 8 heteroatoms. The van der Waals surface area contributed by atoms with Gasteiger partial charge in [0, 0.05) is 25.1 Å². The highest BCUT2D eigenvalue weighted by Crippen LogP contribution is 2.23. The molecule has 32 heavy (non-hydrogen) atoms. The summed E-state index contributed by atoms with van der Waals surface area (Å²) in [5, 5.41) is 8.02. The second-order valence-corrected chi connectivity index (χ2v) is 9.21. The van der Waals surface area contributed by atoms with Gasteiger partial charge in [-0.3, -0.25) is 9.59 Å². The largest absolute Gasteiger partial charge is 0.353 e. The monoisotopic (exact) mass is 449 g/mol. The van der Waals surface area contributed by atoms with Crippen LogP contribution in [0.5, 0.6) is 0 Å². The van der Waals surface area contributed by atoms with Crippen LogP contribution in [0, 0.1) is 0 Å². The van der Waals surface area contributed by atoms with Gasteiger partial charge in [-0.2, -0.15) is 0 Å². The van der Waals surface area contributed by atoms with Gasteiger partial charge in [-0.15, -0.1) is 0 Å². The van der Waals surface area contributed by atoms with E-state index in [1.54, 1.807) is 0 Å². The van der Waals surface area contributed by atoms with Gasteiger partial charge in [0.1, 0.15) is 6.04 Å². The molecule has 1 aliphatic heterocycles. The number of benzene rings is 3. The van der Waals surface area contributed by atoms with E-state index < -0.39 is 22.0 Å². The van der Waals surface area contributed by atoms with Crippen LogP contribution in [-0.4, -0.2) is 44.3 Å². The van der Waals surface area contributed by atoms with E-state index in [2.05, 4.69) is 5.32 Å². The van der Waals surface area contributed by atoms with Crippen LogP contribution in [0.3, 0.4) is 0 Å². The summed E-state index contributed by atoms with van der Waals surface area (Å²) in [5.74, 6) is -0.646. The van der Waals surface area contributed by atoms with Gasteiger partial charge in [-0.05, 0) is 34.9 Å². The van der Waals surface area contributed by atoms with Crippen molar-refractivity contribution >= 4 is 21.8 Å². The van der Waals surface area contributed by atoms with Gasteiger partial charge >= 0.3 is 0 Å². The van der Waals surface area contributed by atoms with Crippen molar-refractivity contribution in [3.63, 3.8) is 0 Å². The van der Waals surface area contributed by atoms with Crippen molar-refractivity contribution in [3.05, 3.63) is 90.0 Å². The second-order valence-electron chi connectivity index (χ2n) is 7.65. The van der Waals surface area contributed by atoms with Gasteiger partial charge in [0.15, 0.2) is 0 Å². The number of carbonyl (C=O) groups is 2. The lowest BCUT2D eigenvalue weighted by Crippen LogP contribution is -2.58. The van der Waals surface area contributed by atoms with E-state index in [9.17, 15) is 18.0 Å².